The highest BCUT2D eigenvalue weighted by molar-refractivity contribution is 6.09. The zero-order chi connectivity index (χ0) is 20.3. The maximum atomic E-state index is 13.4. The molecule has 0 saturated carbocycles. The molecule has 1 aromatic carbocycles. The molecule has 2 saturated heterocycles. The van der Waals surface area contributed by atoms with Gasteiger partial charge in [0.2, 0.25) is 5.91 Å². The van der Waals surface area contributed by atoms with Crippen LogP contribution in [0.2, 0.25) is 0 Å². The van der Waals surface area contributed by atoms with Gasteiger partial charge in [0.1, 0.15) is 17.9 Å². The van der Waals surface area contributed by atoms with Crippen molar-refractivity contribution in [3.8, 4) is 0 Å². The van der Waals surface area contributed by atoms with Crippen LogP contribution in [0.15, 0.2) is 24.3 Å². The zero-order valence-electron chi connectivity index (χ0n) is 16.5. The van der Waals surface area contributed by atoms with E-state index in [4.69, 9.17) is 0 Å². The number of hydrogen-bond donors (Lipinski definition) is 1. The highest BCUT2D eigenvalue weighted by Gasteiger charge is 2.52. The van der Waals surface area contributed by atoms with Gasteiger partial charge >= 0.3 is 6.03 Å². The minimum Gasteiger partial charge on any atom is -0.338 e. The number of hydrogen-bond acceptors (Lipinski definition) is 3. The molecule has 1 aromatic rings. The van der Waals surface area contributed by atoms with Gasteiger partial charge in [-0.2, -0.15) is 0 Å². The largest absolute Gasteiger partial charge is 0.338 e. The van der Waals surface area contributed by atoms with Crippen molar-refractivity contribution in [2.75, 3.05) is 13.1 Å². The van der Waals surface area contributed by atoms with E-state index < -0.39 is 23.3 Å². The minimum absolute atomic E-state index is 0.115. The SMILES string of the molecule is CCCC[C@@]1(c2ccc(F)cc2)NC(=O)N(CC(=O)N2CCCC[C@H]2C)C1=O. The number of nitrogens with zero attached hydrogens (tertiary/aromatic N) is 2. The van der Waals surface area contributed by atoms with Crippen molar-refractivity contribution in [2.24, 2.45) is 0 Å². The smallest absolute Gasteiger partial charge is 0.325 e. The van der Waals surface area contributed by atoms with Crippen LogP contribution in [0.5, 0.6) is 0 Å². The highest BCUT2D eigenvalue weighted by Crippen LogP contribution is 2.34. The van der Waals surface area contributed by atoms with E-state index in [2.05, 4.69) is 5.32 Å². The molecule has 0 aliphatic carbocycles. The molecule has 0 radical (unpaired) electrons. The summed E-state index contributed by atoms with van der Waals surface area (Å²) in [6.45, 7) is 4.39. The molecule has 0 unspecified atom stereocenters. The Morgan fingerprint density at radius 2 is 1.96 bits per heavy atom. The minimum atomic E-state index is -1.24. The first-order chi connectivity index (χ1) is 13.4. The molecule has 2 aliphatic heterocycles. The maximum Gasteiger partial charge on any atom is 0.325 e. The van der Waals surface area contributed by atoms with Crippen LogP contribution in [0.25, 0.3) is 0 Å². The van der Waals surface area contributed by atoms with Crippen molar-refractivity contribution in [3.05, 3.63) is 35.6 Å². The van der Waals surface area contributed by atoms with Crippen LogP contribution in [-0.2, 0) is 15.1 Å². The summed E-state index contributed by atoms with van der Waals surface area (Å²) < 4.78 is 13.4. The number of carbonyl (C=O) groups excluding carboxylic acids is 3. The van der Waals surface area contributed by atoms with E-state index in [1.165, 1.54) is 24.3 Å². The summed E-state index contributed by atoms with van der Waals surface area (Å²) in [5.41, 5.74) is -0.698. The average Bonchev–Trinajstić information content (AvgIpc) is 2.92. The predicted octanol–water partition coefficient (Wildman–Crippen LogP) is 3.16. The van der Waals surface area contributed by atoms with Crippen molar-refractivity contribution < 1.29 is 18.8 Å². The summed E-state index contributed by atoms with van der Waals surface area (Å²) in [6.07, 6.45) is 4.92. The van der Waals surface area contributed by atoms with Crippen molar-refractivity contribution in [3.63, 3.8) is 0 Å². The van der Waals surface area contributed by atoms with Gasteiger partial charge in [0, 0.05) is 12.6 Å². The fraction of sp³-hybridized carbons (Fsp3) is 0.571. The van der Waals surface area contributed by atoms with Crippen molar-refractivity contribution >= 4 is 17.8 Å². The number of likely N-dealkylation sites (tertiary alicyclic amines) is 1. The van der Waals surface area contributed by atoms with Crippen LogP contribution >= 0.6 is 0 Å². The lowest BCUT2D eigenvalue weighted by Crippen LogP contribution is -2.49. The summed E-state index contributed by atoms with van der Waals surface area (Å²) in [5, 5.41) is 2.80. The lowest BCUT2D eigenvalue weighted by molar-refractivity contribution is -0.141. The van der Waals surface area contributed by atoms with E-state index in [0.29, 0.717) is 24.9 Å². The number of piperidine rings is 1. The Morgan fingerprint density at radius 1 is 1.25 bits per heavy atom. The van der Waals surface area contributed by atoms with E-state index in [9.17, 15) is 18.8 Å². The first-order valence-electron chi connectivity index (χ1n) is 10.1. The van der Waals surface area contributed by atoms with Crippen LogP contribution in [0, 0.1) is 5.82 Å². The Hall–Kier alpha value is -2.44. The standard InChI is InChI=1S/C21H28FN3O3/c1-3-4-12-21(16-8-10-17(22)11-9-16)19(27)25(20(28)23-21)14-18(26)24-13-6-5-7-15(24)2/h8-11,15H,3-7,12-14H2,1-2H3,(H,23,28)/t15-,21+/m1/s1. The molecule has 152 valence electrons. The lowest BCUT2D eigenvalue weighted by Gasteiger charge is -2.34. The first-order valence-corrected chi connectivity index (χ1v) is 10.1. The van der Waals surface area contributed by atoms with Gasteiger partial charge in [-0.05, 0) is 50.3 Å². The fourth-order valence-corrected chi connectivity index (χ4v) is 4.15. The summed E-state index contributed by atoms with van der Waals surface area (Å²) in [4.78, 5) is 41.5. The van der Waals surface area contributed by atoms with Gasteiger partial charge in [-0.3, -0.25) is 14.5 Å². The number of urea groups is 1. The molecule has 0 aromatic heterocycles. The Kier molecular flexibility index (Phi) is 6.01. The summed E-state index contributed by atoms with van der Waals surface area (Å²) in [7, 11) is 0. The fourth-order valence-electron chi connectivity index (χ4n) is 4.15. The van der Waals surface area contributed by atoms with Crippen LogP contribution in [0.3, 0.4) is 0 Å². The van der Waals surface area contributed by atoms with Crippen molar-refractivity contribution in [1.82, 2.24) is 15.1 Å². The Morgan fingerprint density at radius 3 is 2.61 bits per heavy atom. The van der Waals surface area contributed by atoms with Crippen LogP contribution in [0.4, 0.5) is 9.18 Å². The van der Waals surface area contributed by atoms with Crippen LogP contribution < -0.4 is 5.32 Å². The monoisotopic (exact) mass is 389 g/mol. The molecule has 0 spiro atoms. The van der Waals surface area contributed by atoms with Gasteiger partial charge in [0.25, 0.3) is 5.91 Å². The normalized spacial score (nSPS) is 25.2. The van der Waals surface area contributed by atoms with Gasteiger partial charge in [-0.1, -0.05) is 31.9 Å². The lowest BCUT2D eigenvalue weighted by atomic mass is 9.84. The number of amides is 4. The Bertz CT molecular complexity index is 752. The second kappa shape index (κ2) is 8.29. The predicted molar refractivity (Wildman–Crippen MR) is 103 cm³/mol. The Labute approximate surface area is 165 Å². The quantitative estimate of drug-likeness (QED) is 0.760. The summed E-state index contributed by atoms with van der Waals surface area (Å²) in [5.74, 6) is -1.05. The number of unbranched alkanes of at least 4 members (excludes halogenated alkanes) is 1. The molecule has 2 heterocycles. The van der Waals surface area contributed by atoms with E-state index in [-0.39, 0.29) is 18.5 Å². The van der Waals surface area contributed by atoms with Crippen LogP contribution in [-0.4, -0.2) is 46.8 Å². The summed E-state index contributed by atoms with van der Waals surface area (Å²) >= 11 is 0. The summed E-state index contributed by atoms with van der Waals surface area (Å²) in [6, 6.07) is 5.17. The van der Waals surface area contributed by atoms with E-state index in [1.807, 2.05) is 13.8 Å². The third-order valence-corrected chi connectivity index (χ3v) is 5.83. The van der Waals surface area contributed by atoms with Gasteiger partial charge in [0.15, 0.2) is 0 Å². The molecule has 0 bridgehead atoms. The molecule has 28 heavy (non-hydrogen) atoms. The molecular formula is C21H28FN3O3. The second-order valence-electron chi connectivity index (χ2n) is 7.77. The van der Waals surface area contributed by atoms with Gasteiger partial charge in [-0.15, -0.1) is 0 Å². The molecule has 1 N–H and O–H groups in total. The van der Waals surface area contributed by atoms with Crippen molar-refractivity contribution in [1.29, 1.82) is 0 Å². The third-order valence-electron chi connectivity index (χ3n) is 5.83. The van der Waals surface area contributed by atoms with Crippen molar-refractivity contribution in [2.45, 2.75) is 64.0 Å². The number of halogens is 1. The molecular weight excluding hydrogens is 361 g/mol. The average molecular weight is 389 g/mol. The molecule has 2 fully saturated rings. The maximum absolute atomic E-state index is 13.4. The second-order valence-corrected chi connectivity index (χ2v) is 7.77. The topological polar surface area (TPSA) is 69.7 Å². The third kappa shape index (κ3) is 3.75. The van der Waals surface area contributed by atoms with E-state index >= 15 is 0 Å². The molecule has 4 amide bonds. The number of imide groups is 1. The molecule has 7 heteroatoms. The van der Waals surface area contributed by atoms with Gasteiger partial charge in [0.05, 0.1) is 0 Å². The molecule has 6 nitrogen and oxygen atoms in total. The molecule has 2 atom stereocenters. The number of rotatable bonds is 6. The first kappa shape index (κ1) is 20.3. The number of benzene rings is 1. The van der Waals surface area contributed by atoms with Gasteiger partial charge in [-0.25, -0.2) is 9.18 Å². The molecule has 2 aliphatic rings. The molecule has 3 rings (SSSR count). The van der Waals surface area contributed by atoms with E-state index in [0.717, 1.165) is 30.6 Å². The zero-order valence-corrected chi connectivity index (χ0v) is 16.5. The highest BCUT2D eigenvalue weighted by atomic mass is 19.1. The number of carbonyl (C=O) groups is 3. The number of nitrogens with one attached hydrogen (secondary N) is 1. The Balaban J connectivity index is 1.84. The van der Waals surface area contributed by atoms with Crippen LogP contribution in [0.1, 0.15) is 57.9 Å². The van der Waals surface area contributed by atoms with Gasteiger partial charge < -0.3 is 10.2 Å². The van der Waals surface area contributed by atoms with E-state index in [1.54, 1.807) is 4.90 Å².